The number of nitrogens with one attached hydrogen (secondary N) is 1. The highest BCUT2D eigenvalue weighted by atomic mass is 15.4. The molecule has 4 nitrogen and oxygen atoms in total. The van der Waals surface area contributed by atoms with E-state index in [1.807, 2.05) is 0 Å². The van der Waals surface area contributed by atoms with Crippen molar-refractivity contribution in [2.24, 2.45) is 5.41 Å². The van der Waals surface area contributed by atoms with Gasteiger partial charge in [0.2, 0.25) is 0 Å². The molecule has 1 aromatic rings. The lowest BCUT2D eigenvalue weighted by molar-refractivity contribution is 0.236. The van der Waals surface area contributed by atoms with Crippen LogP contribution in [0.2, 0.25) is 0 Å². The van der Waals surface area contributed by atoms with Gasteiger partial charge in [0.25, 0.3) is 0 Å². The van der Waals surface area contributed by atoms with Gasteiger partial charge in [-0.2, -0.15) is 5.10 Å². The van der Waals surface area contributed by atoms with E-state index in [9.17, 15) is 0 Å². The van der Waals surface area contributed by atoms with E-state index >= 15 is 0 Å². The first-order valence-electron chi connectivity index (χ1n) is 7.08. The molecule has 0 aromatic carbocycles. The van der Waals surface area contributed by atoms with Crippen LogP contribution < -0.4 is 5.32 Å². The Hall–Kier alpha value is -0.900. The molecule has 0 aliphatic heterocycles. The number of likely N-dealkylation sites (N-methyl/N-ethyl adjacent to an activating group) is 1. The summed E-state index contributed by atoms with van der Waals surface area (Å²) in [7, 11) is 0. The van der Waals surface area contributed by atoms with Gasteiger partial charge in [0.05, 0.1) is 6.54 Å². The van der Waals surface area contributed by atoms with E-state index in [4.69, 9.17) is 0 Å². The third-order valence-corrected chi connectivity index (χ3v) is 3.28. The molecule has 1 rings (SSSR count). The van der Waals surface area contributed by atoms with Crippen LogP contribution >= 0.6 is 0 Å². The van der Waals surface area contributed by atoms with E-state index < -0.39 is 0 Å². The fourth-order valence-corrected chi connectivity index (χ4v) is 2.05. The SMILES string of the molecule is CCNC(Cn1nc(CC)nc1CC)C(C)(C)C. The van der Waals surface area contributed by atoms with Gasteiger partial charge < -0.3 is 5.32 Å². The Kier molecular flexibility index (Phi) is 5.32. The van der Waals surface area contributed by atoms with E-state index in [0.717, 1.165) is 37.6 Å². The molecule has 1 heterocycles. The van der Waals surface area contributed by atoms with E-state index in [1.165, 1.54) is 0 Å². The van der Waals surface area contributed by atoms with Gasteiger partial charge in [-0.05, 0) is 12.0 Å². The Bertz CT molecular complexity index is 362. The first-order chi connectivity index (χ1) is 8.42. The molecule has 0 radical (unpaired) electrons. The lowest BCUT2D eigenvalue weighted by Crippen LogP contribution is -2.43. The summed E-state index contributed by atoms with van der Waals surface area (Å²) in [5.41, 5.74) is 0.222. The lowest BCUT2D eigenvalue weighted by Gasteiger charge is -2.31. The van der Waals surface area contributed by atoms with Crippen molar-refractivity contribution in [2.75, 3.05) is 6.54 Å². The van der Waals surface area contributed by atoms with E-state index in [2.05, 4.69) is 61.6 Å². The van der Waals surface area contributed by atoms with Crippen LogP contribution in [-0.2, 0) is 19.4 Å². The van der Waals surface area contributed by atoms with Crippen molar-refractivity contribution in [3.05, 3.63) is 11.6 Å². The molecule has 0 fully saturated rings. The summed E-state index contributed by atoms with van der Waals surface area (Å²) in [5.74, 6) is 2.05. The highest BCUT2D eigenvalue weighted by molar-refractivity contribution is 4.94. The molecule has 0 saturated carbocycles. The van der Waals surface area contributed by atoms with Crippen LogP contribution in [0.5, 0.6) is 0 Å². The van der Waals surface area contributed by atoms with Gasteiger partial charge in [0, 0.05) is 18.9 Å². The summed E-state index contributed by atoms with van der Waals surface area (Å²) in [6.45, 7) is 15.1. The average molecular weight is 252 g/mol. The summed E-state index contributed by atoms with van der Waals surface area (Å²) < 4.78 is 2.08. The predicted molar refractivity (Wildman–Crippen MR) is 75.7 cm³/mol. The zero-order valence-corrected chi connectivity index (χ0v) is 12.7. The van der Waals surface area contributed by atoms with Gasteiger partial charge >= 0.3 is 0 Å². The number of nitrogens with zero attached hydrogens (tertiary/aromatic N) is 3. The molecular formula is C14H28N4. The van der Waals surface area contributed by atoms with Crippen molar-refractivity contribution in [3.8, 4) is 0 Å². The van der Waals surface area contributed by atoms with Crippen LogP contribution in [-0.4, -0.2) is 27.4 Å². The summed E-state index contributed by atoms with van der Waals surface area (Å²) in [5, 5.41) is 8.16. The molecule has 0 aliphatic carbocycles. The molecular weight excluding hydrogens is 224 g/mol. The van der Waals surface area contributed by atoms with Crippen LogP contribution in [0.4, 0.5) is 0 Å². The van der Waals surface area contributed by atoms with Gasteiger partial charge in [-0.1, -0.05) is 41.5 Å². The predicted octanol–water partition coefficient (Wildman–Crippen LogP) is 2.43. The van der Waals surface area contributed by atoms with Crippen molar-refractivity contribution in [3.63, 3.8) is 0 Å². The standard InChI is InChI=1S/C14H28N4/c1-7-12-16-13(8-2)18(17-12)10-11(15-9-3)14(4,5)6/h11,15H,7-10H2,1-6H3. The Morgan fingerprint density at radius 2 is 1.83 bits per heavy atom. The Labute approximate surface area is 111 Å². The van der Waals surface area contributed by atoms with Gasteiger partial charge in [-0.25, -0.2) is 9.67 Å². The molecule has 18 heavy (non-hydrogen) atoms. The van der Waals surface area contributed by atoms with Crippen molar-refractivity contribution in [1.29, 1.82) is 0 Å². The minimum atomic E-state index is 0.222. The zero-order chi connectivity index (χ0) is 13.8. The third kappa shape index (κ3) is 3.80. The summed E-state index contributed by atoms with van der Waals surface area (Å²) in [6.07, 6.45) is 1.84. The van der Waals surface area contributed by atoms with Gasteiger partial charge in [0.15, 0.2) is 5.82 Å². The highest BCUT2D eigenvalue weighted by Crippen LogP contribution is 2.21. The molecule has 104 valence electrons. The van der Waals surface area contributed by atoms with Crippen LogP contribution in [0.1, 0.15) is 53.2 Å². The normalized spacial score (nSPS) is 13.9. The fraction of sp³-hybridized carbons (Fsp3) is 0.857. The van der Waals surface area contributed by atoms with Crippen molar-refractivity contribution in [2.45, 2.75) is 67.0 Å². The number of rotatable bonds is 6. The van der Waals surface area contributed by atoms with Crippen LogP contribution in [0.3, 0.4) is 0 Å². The highest BCUT2D eigenvalue weighted by Gasteiger charge is 2.25. The van der Waals surface area contributed by atoms with E-state index in [1.54, 1.807) is 0 Å². The largest absolute Gasteiger partial charge is 0.312 e. The van der Waals surface area contributed by atoms with E-state index in [0.29, 0.717) is 6.04 Å². The van der Waals surface area contributed by atoms with Crippen LogP contribution in [0.15, 0.2) is 0 Å². The number of hydrogen-bond acceptors (Lipinski definition) is 3. The van der Waals surface area contributed by atoms with E-state index in [-0.39, 0.29) is 5.41 Å². The van der Waals surface area contributed by atoms with Crippen molar-refractivity contribution >= 4 is 0 Å². The average Bonchev–Trinajstić information content (AvgIpc) is 2.69. The maximum atomic E-state index is 4.60. The molecule has 4 heteroatoms. The van der Waals surface area contributed by atoms with Crippen LogP contribution in [0, 0.1) is 5.41 Å². The minimum absolute atomic E-state index is 0.222. The molecule has 0 spiro atoms. The molecule has 0 bridgehead atoms. The molecule has 0 saturated heterocycles. The second-order valence-corrected chi connectivity index (χ2v) is 5.81. The smallest absolute Gasteiger partial charge is 0.150 e. The Morgan fingerprint density at radius 1 is 1.17 bits per heavy atom. The first-order valence-corrected chi connectivity index (χ1v) is 7.08. The van der Waals surface area contributed by atoms with Gasteiger partial charge in [-0.15, -0.1) is 0 Å². The lowest BCUT2D eigenvalue weighted by atomic mass is 9.86. The number of aryl methyl sites for hydroxylation is 2. The first kappa shape index (κ1) is 15.2. The summed E-state index contributed by atoms with van der Waals surface area (Å²) in [6, 6.07) is 0.416. The Morgan fingerprint density at radius 3 is 2.28 bits per heavy atom. The second kappa shape index (κ2) is 6.32. The zero-order valence-electron chi connectivity index (χ0n) is 12.7. The third-order valence-electron chi connectivity index (χ3n) is 3.28. The number of aromatic nitrogens is 3. The van der Waals surface area contributed by atoms with Crippen LogP contribution in [0.25, 0.3) is 0 Å². The Balaban J connectivity index is 2.89. The molecule has 1 atom stereocenters. The second-order valence-electron chi connectivity index (χ2n) is 5.81. The molecule has 0 aliphatic rings. The quantitative estimate of drug-likeness (QED) is 0.845. The monoisotopic (exact) mass is 252 g/mol. The maximum absolute atomic E-state index is 4.60. The number of hydrogen-bond donors (Lipinski definition) is 1. The molecule has 0 amide bonds. The fourth-order valence-electron chi connectivity index (χ4n) is 2.05. The maximum Gasteiger partial charge on any atom is 0.150 e. The molecule has 1 aromatic heterocycles. The molecule has 1 unspecified atom stereocenters. The summed E-state index contributed by atoms with van der Waals surface area (Å²) in [4.78, 5) is 4.57. The summed E-state index contributed by atoms with van der Waals surface area (Å²) >= 11 is 0. The molecule has 1 N–H and O–H groups in total. The minimum Gasteiger partial charge on any atom is -0.312 e. The van der Waals surface area contributed by atoms with Crippen molar-refractivity contribution < 1.29 is 0 Å². The van der Waals surface area contributed by atoms with Crippen molar-refractivity contribution in [1.82, 2.24) is 20.1 Å². The topological polar surface area (TPSA) is 42.7 Å². The van der Waals surface area contributed by atoms with Gasteiger partial charge in [-0.3, -0.25) is 0 Å². The van der Waals surface area contributed by atoms with Gasteiger partial charge in [0.1, 0.15) is 5.82 Å².